The summed E-state index contributed by atoms with van der Waals surface area (Å²) < 4.78 is 32.2. The van der Waals surface area contributed by atoms with Gasteiger partial charge in [-0.2, -0.15) is 4.98 Å². The number of hydrogen-bond acceptors (Lipinski definition) is 7. The van der Waals surface area contributed by atoms with Gasteiger partial charge in [0.2, 0.25) is 5.91 Å². The van der Waals surface area contributed by atoms with Gasteiger partial charge in [0, 0.05) is 31.4 Å². The summed E-state index contributed by atoms with van der Waals surface area (Å²) in [5.41, 5.74) is -0.516. The topological polar surface area (TPSA) is 104 Å². The SMILES string of the molecule is C=CC(=O)N1[C@H](C)CN(c2nc(=O)n(C3C(C)=CC=N[C@H]3C(C)C)c3nc(-c4c(O)cccc4F)c(F)cc23)C[C@@H]1C. The highest BCUT2D eigenvalue weighted by Gasteiger charge is 2.36. The summed E-state index contributed by atoms with van der Waals surface area (Å²) in [6.07, 6.45) is 4.78. The Morgan fingerprint density at radius 3 is 2.45 bits per heavy atom. The molecular weight excluding hydrogens is 542 g/mol. The lowest BCUT2D eigenvalue weighted by atomic mass is 9.90. The molecule has 1 N–H and O–H groups in total. The number of aliphatic imine (C=N–C) groups is 1. The van der Waals surface area contributed by atoms with Crippen LogP contribution in [-0.4, -0.2) is 67.9 Å². The molecule has 220 valence electrons. The maximum absolute atomic E-state index is 15.9. The van der Waals surface area contributed by atoms with Crippen LogP contribution in [-0.2, 0) is 4.79 Å². The van der Waals surface area contributed by atoms with E-state index in [1.165, 1.54) is 28.8 Å². The third-order valence-corrected chi connectivity index (χ3v) is 8.06. The molecular formula is C31H34F2N6O3. The number of carbonyl (C=O) groups excluding carboxylic acids is 1. The van der Waals surface area contributed by atoms with Crippen LogP contribution < -0.4 is 10.6 Å². The molecule has 0 bridgehead atoms. The van der Waals surface area contributed by atoms with E-state index in [9.17, 15) is 19.1 Å². The number of carbonyl (C=O) groups is 1. The second-order valence-corrected chi connectivity index (χ2v) is 11.4. The summed E-state index contributed by atoms with van der Waals surface area (Å²) in [6, 6.07) is 3.43. The second-order valence-electron chi connectivity index (χ2n) is 11.4. The van der Waals surface area contributed by atoms with E-state index in [1.807, 2.05) is 45.6 Å². The Bertz CT molecular complexity index is 1670. The average Bonchev–Trinajstić information content (AvgIpc) is 2.92. The van der Waals surface area contributed by atoms with Crippen molar-refractivity contribution >= 4 is 29.0 Å². The van der Waals surface area contributed by atoms with Crippen molar-refractivity contribution in [1.82, 2.24) is 19.4 Å². The maximum Gasteiger partial charge on any atom is 0.351 e. The van der Waals surface area contributed by atoms with Crippen LogP contribution in [0.3, 0.4) is 0 Å². The zero-order valence-electron chi connectivity index (χ0n) is 24.3. The van der Waals surface area contributed by atoms with Gasteiger partial charge in [-0.1, -0.05) is 26.5 Å². The van der Waals surface area contributed by atoms with Gasteiger partial charge in [-0.25, -0.2) is 18.6 Å². The first-order valence-electron chi connectivity index (χ1n) is 13.9. The lowest BCUT2D eigenvalue weighted by Gasteiger charge is -2.44. The molecule has 3 aromatic rings. The van der Waals surface area contributed by atoms with Gasteiger partial charge in [0.05, 0.1) is 23.0 Å². The van der Waals surface area contributed by atoms with Gasteiger partial charge < -0.3 is 14.9 Å². The van der Waals surface area contributed by atoms with Crippen LogP contribution in [0.25, 0.3) is 22.3 Å². The molecule has 0 radical (unpaired) electrons. The van der Waals surface area contributed by atoms with E-state index in [4.69, 9.17) is 0 Å². The van der Waals surface area contributed by atoms with Crippen molar-refractivity contribution in [1.29, 1.82) is 0 Å². The molecule has 4 heterocycles. The van der Waals surface area contributed by atoms with Gasteiger partial charge in [0.15, 0.2) is 5.82 Å². The zero-order valence-corrected chi connectivity index (χ0v) is 24.3. The van der Waals surface area contributed by atoms with Gasteiger partial charge in [0.25, 0.3) is 0 Å². The first kappa shape index (κ1) is 29.1. The molecule has 1 amide bonds. The number of nitrogens with zero attached hydrogens (tertiary/aromatic N) is 6. The number of rotatable bonds is 5. The first-order chi connectivity index (χ1) is 19.9. The largest absolute Gasteiger partial charge is 0.507 e. The average molecular weight is 577 g/mol. The number of halogens is 2. The van der Waals surface area contributed by atoms with E-state index in [-0.39, 0.29) is 46.8 Å². The molecule has 2 aliphatic rings. The van der Waals surface area contributed by atoms with Gasteiger partial charge in [0.1, 0.15) is 28.7 Å². The van der Waals surface area contributed by atoms with Crippen LogP contribution >= 0.6 is 0 Å². The Balaban J connectivity index is 1.79. The third-order valence-electron chi connectivity index (χ3n) is 8.06. The Morgan fingerprint density at radius 1 is 1.14 bits per heavy atom. The van der Waals surface area contributed by atoms with Crippen LogP contribution in [0.4, 0.5) is 14.6 Å². The summed E-state index contributed by atoms with van der Waals surface area (Å²) in [7, 11) is 0. The minimum Gasteiger partial charge on any atom is -0.507 e. The number of benzene rings is 1. The maximum atomic E-state index is 15.9. The van der Waals surface area contributed by atoms with Gasteiger partial charge in [-0.15, -0.1) is 0 Å². The number of piperazine rings is 1. The molecule has 4 atom stereocenters. The van der Waals surface area contributed by atoms with Crippen LogP contribution in [0, 0.1) is 17.6 Å². The van der Waals surface area contributed by atoms with Crippen molar-refractivity contribution < 1.29 is 18.7 Å². The molecule has 42 heavy (non-hydrogen) atoms. The van der Waals surface area contributed by atoms with Crippen molar-refractivity contribution in [2.75, 3.05) is 18.0 Å². The standard InChI is InChI=1S/C31H34F2N6O3/c1-7-24(41)38-18(5)14-37(15-19(38)6)29-20-13-22(33)27(25-21(32)9-8-10-23(25)40)35-30(20)39(31(42)36-29)28-17(4)11-12-34-26(28)16(2)3/h7-13,16,18-19,26,28,40H,1,14-15H2,2-6H3/t18-,19+,26-,28?/m0/s1. The Labute approximate surface area is 242 Å². The number of amides is 1. The van der Waals surface area contributed by atoms with Crippen LogP contribution in [0.2, 0.25) is 0 Å². The lowest BCUT2D eigenvalue weighted by molar-refractivity contribution is -0.130. The summed E-state index contributed by atoms with van der Waals surface area (Å²) in [5.74, 6) is -2.17. The predicted octanol–water partition coefficient (Wildman–Crippen LogP) is 4.65. The van der Waals surface area contributed by atoms with Crippen molar-refractivity contribution in [3.05, 3.63) is 70.7 Å². The van der Waals surface area contributed by atoms with Crippen molar-refractivity contribution in [3.63, 3.8) is 0 Å². The van der Waals surface area contributed by atoms with E-state index in [2.05, 4.69) is 21.5 Å². The molecule has 2 aromatic heterocycles. The first-order valence-corrected chi connectivity index (χ1v) is 13.9. The molecule has 0 spiro atoms. The van der Waals surface area contributed by atoms with Gasteiger partial charge in [-0.05, 0) is 62.6 Å². The summed E-state index contributed by atoms with van der Waals surface area (Å²) in [5, 5.41) is 10.7. The number of dihydropyridines is 1. The molecule has 2 aliphatic heterocycles. The number of hydrogen-bond donors (Lipinski definition) is 1. The summed E-state index contributed by atoms with van der Waals surface area (Å²) in [6.45, 7) is 13.9. The normalized spacial score (nSPS) is 22.5. The van der Waals surface area contributed by atoms with Crippen molar-refractivity contribution in [2.24, 2.45) is 10.9 Å². The number of fused-ring (bicyclic) bond motifs is 1. The predicted molar refractivity (Wildman–Crippen MR) is 159 cm³/mol. The van der Waals surface area contributed by atoms with Gasteiger partial charge >= 0.3 is 5.69 Å². The fourth-order valence-electron chi connectivity index (χ4n) is 6.17. The van der Waals surface area contributed by atoms with E-state index in [0.717, 1.165) is 11.6 Å². The molecule has 5 rings (SSSR count). The van der Waals surface area contributed by atoms with Crippen LogP contribution in [0.5, 0.6) is 5.75 Å². The highest BCUT2D eigenvalue weighted by molar-refractivity contribution is 5.91. The molecule has 1 saturated heterocycles. The molecule has 0 saturated carbocycles. The van der Waals surface area contributed by atoms with Gasteiger partial charge in [-0.3, -0.25) is 14.4 Å². The minimum atomic E-state index is -0.882. The summed E-state index contributed by atoms with van der Waals surface area (Å²) >= 11 is 0. The van der Waals surface area contributed by atoms with E-state index < -0.39 is 40.4 Å². The smallest absolute Gasteiger partial charge is 0.351 e. The molecule has 1 aromatic carbocycles. The molecule has 0 aliphatic carbocycles. The Hall–Kier alpha value is -4.41. The van der Waals surface area contributed by atoms with Crippen molar-refractivity contribution in [3.8, 4) is 17.0 Å². The zero-order chi connectivity index (χ0) is 30.5. The second kappa shape index (κ2) is 11.1. The molecule has 1 unspecified atom stereocenters. The fourth-order valence-corrected chi connectivity index (χ4v) is 6.17. The molecule has 1 fully saturated rings. The number of anilines is 1. The number of aromatic nitrogens is 3. The minimum absolute atomic E-state index is 0.0317. The third kappa shape index (κ3) is 4.86. The van der Waals surface area contributed by atoms with E-state index >= 15 is 4.39 Å². The van der Waals surface area contributed by atoms with E-state index in [1.54, 1.807) is 11.1 Å². The lowest BCUT2D eigenvalue weighted by Crippen LogP contribution is -2.58. The number of pyridine rings is 1. The highest BCUT2D eigenvalue weighted by atomic mass is 19.1. The quantitative estimate of drug-likeness (QED) is 0.444. The number of phenolic OH excluding ortho intramolecular Hbond substituents is 1. The monoisotopic (exact) mass is 576 g/mol. The van der Waals surface area contributed by atoms with E-state index in [0.29, 0.717) is 13.1 Å². The van der Waals surface area contributed by atoms with Crippen LogP contribution in [0.15, 0.2) is 58.4 Å². The van der Waals surface area contributed by atoms with Crippen molar-refractivity contribution in [2.45, 2.75) is 58.8 Å². The Morgan fingerprint density at radius 2 is 1.83 bits per heavy atom. The summed E-state index contributed by atoms with van der Waals surface area (Å²) in [4.78, 5) is 43.7. The fraction of sp³-hybridized carbons (Fsp3) is 0.387. The van der Waals surface area contributed by atoms with Crippen LogP contribution in [0.1, 0.15) is 40.7 Å². The highest BCUT2D eigenvalue weighted by Crippen LogP contribution is 2.38. The molecule has 11 heteroatoms. The molecule has 9 nitrogen and oxygen atoms in total. The number of aromatic hydroxyl groups is 1. The number of allylic oxidation sites excluding steroid dienone is 1. The Kier molecular flexibility index (Phi) is 7.70. The number of phenols is 1.